The third-order valence-electron chi connectivity index (χ3n) is 7.13. The Morgan fingerprint density at radius 2 is 1.93 bits per heavy atom. The molecule has 1 atom stereocenters. The van der Waals surface area contributed by atoms with E-state index in [1.165, 1.54) is 17.0 Å². The molecule has 10 heteroatoms. The summed E-state index contributed by atoms with van der Waals surface area (Å²) in [5, 5.41) is 0.103. The van der Waals surface area contributed by atoms with Gasteiger partial charge in [0, 0.05) is 44.4 Å². The Bertz CT molecular complexity index is 1510. The normalized spacial score (nSPS) is 15.7. The van der Waals surface area contributed by atoms with Crippen molar-refractivity contribution < 1.29 is 18.4 Å². The van der Waals surface area contributed by atoms with E-state index in [9.17, 15) is 18.4 Å². The summed E-state index contributed by atoms with van der Waals surface area (Å²) in [6.45, 7) is 10.9. The fourth-order valence-corrected chi connectivity index (χ4v) is 5.37. The summed E-state index contributed by atoms with van der Waals surface area (Å²) in [4.78, 5) is 39.5. The number of aliphatic imine (C=N–C) groups is 1. The fraction of sp³-hybridized carbons (Fsp3) is 0.290. The van der Waals surface area contributed by atoms with Crippen LogP contribution in [0.5, 0.6) is 0 Å². The number of benzene rings is 2. The molecule has 1 unspecified atom stereocenters. The minimum Gasteiger partial charge on any atom is -0.350 e. The molecule has 1 fully saturated rings. The lowest BCUT2D eigenvalue weighted by atomic mass is 10.00. The Morgan fingerprint density at radius 1 is 1.20 bits per heavy atom. The van der Waals surface area contributed by atoms with Gasteiger partial charge in [0.1, 0.15) is 17.5 Å². The molecule has 41 heavy (non-hydrogen) atoms. The molecule has 4 rings (SSSR count). The molecule has 2 heterocycles. The highest BCUT2D eigenvalue weighted by molar-refractivity contribution is 6.33. The Kier molecular flexibility index (Phi) is 9.18. The van der Waals surface area contributed by atoms with Crippen LogP contribution in [0, 0.1) is 11.6 Å². The van der Waals surface area contributed by atoms with Gasteiger partial charge in [-0.15, -0.1) is 0 Å². The van der Waals surface area contributed by atoms with Crippen LogP contribution in [0.1, 0.15) is 37.8 Å². The predicted molar refractivity (Wildman–Crippen MR) is 159 cm³/mol. The molecule has 3 aromatic rings. The van der Waals surface area contributed by atoms with E-state index in [1.54, 1.807) is 18.0 Å². The maximum atomic E-state index is 14.9. The number of aromatic nitrogens is 1. The van der Waals surface area contributed by atoms with Crippen LogP contribution in [0.3, 0.4) is 0 Å². The van der Waals surface area contributed by atoms with Crippen molar-refractivity contribution in [1.29, 1.82) is 0 Å². The molecule has 1 aliphatic heterocycles. The molecule has 214 valence electrons. The van der Waals surface area contributed by atoms with E-state index in [1.807, 2.05) is 49.9 Å². The van der Waals surface area contributed by atoms with Gasteiger partial charge in [-0.1, -0.05) is 50.2 Å². The highest BCUT2D eigenvalue weighted by Gasteiger charge is 2.32. The predicted octanol–water partition coefficient (Wildman–Crippen LogP) is 6.19. The lowest BCUT2D eigenvalue weighted by Crippen LogP contribution is -2.55. The monoisotopic (exact) mass is 579 g/mol. The van der Waals surface area contributed by atoms with Crippen molar-refractivity contribution in [1.82, 2.24) is 14.8 Å². The zero-order chi connectivity index (χ0) is 29.8. The van der Waals surface area contributed by atoms with Gasteiger partial charge in [0.25, 0.3) is 0 Å². The van der Waals surface area contributed by atoms with Gasteiger partial charge in [0.2, 0.25) is 12.3 Å². The number of nitrogens with zero attached hydrogens (tertiary/aromatic N) is 5. The van der Waals surface area contributed by atoms with Crippen molar-refractivity contribution in [2.45, 2.75) is 32.7 Å². The van der Waals surface area contributed by atoms with Crippen LogP contribution in [0.25, 0.3) is 11.3 Å². The molecule has 1 aliphatic rings. The average molecular weight is 580 g/mol. The first kappa shape index (κ1) is 29.9. The molecule has 0 radical (unpaired) electrons. The standard InChI is InChI=1S/C31H32ClF2N5O2/c1-6-28(41)37-13-14-38(20(4)17-37)30(35-5)24-16-25(32)29(23-12-11-21(33)15-26(23)34)36-31(24)39(18-40)27-10-8-7-9-22(27)19(2)3/h6-12,15-16,18-20H,1,13-14,17H2,2-5H3/b35-30+. The molecule has 2 amide bonds. The smallest absolute Gasteiger partial charge is 0.246 e. The molecule has 0 spiro atoms. The van der Waals surface area contributed by atoms with Crippen LogP contribution in [-0.4, -0.2) is 65.7 Å². The molecule has 0 bridgehead atoms. The molecular weight excluding hydrogens is 548 g/mol. The summed E-state index contributed by atoms with van der Waals surface area (Å²) in [5.41, 5.74) is 2.00. The van der Waals surface area contributed by atoms with E-state index in [4.69, 9.17) is 16.6 Å². The Hall–Kier alpha value is -4.11. The number of amides is 2. The minimum atomic E-state index is -0.834. The third-order valence-corrected chi connectivity index (χ3v) is 7.42. The largest absolute Gasteiger partial charge is 0.350 e. The zero-order valence-electron chi connectivity index (χ0n) is 23.4. The van der Waals surface area contributed by atoms with Gasteiger partial charge in [0.05, 0.1) is 22.0 Å². The molecule has 0 aliphatic carbocycles. The summed E-state index contributed by atoms with van der Waals surface area (Å²) >= 11 is 6.72. The average Bonchev–Trinajstić information content (AvgIpc) is 2.95. The maximum Gasteiger partial charge on any atom is 0.246 e. The zero-order valence-corrected chi connectivity index (χ0v) is 24.2. The number of pyridine rings is 1. The number of amidine groups is 1. The summed E-state index contributed by atoms with van der Waals surface area (Å²) in [6, 6.07) is 12.1. The number of hydrogen-bond acceptors (Lipinski definition) is 4. The number of para-hydroxylation sites is 1. The highest BCUT2D eigenvalue weighted by atomic mass is 35.5. The van der Waals surface area contributed by atoms with E-state index in [0.29, 0.717) is 43.1 Å². The van der Waals surface area contributed by atoms with Crippen molar-refractivity contribution in [2.24, 2.45) is 4.99 Å². The Morgan fingerprint density at radius 3 is 2.54 bits per heavy atom. The van der Waals surface area contributed by atoms with E-state index < -0.39 is 11.6 Å². The van der Waals surface area contributed by atoms with Gasteiger partial charge in [-0.3, -0.25) is 19.5 Å². The summed E-state index contributed by atoms with van der Waals surface area (Å²) < 4.78 is 28.7. The molecular formula is C31H32ClF2N5O2. The second kappa shape index (κ2) is 12.6. The SMILES string of the molecule is C=CC(=O)N1CCN(/C(=N/C)c2cc(Cl)c(-c3ccc(F)cc3F)nc2N(C=O)c2ccccc2C(C)C)C(C)C1. The van der Waals surface area contributed by atoms with Crippen LogP contribution in [0.2, 0.25) is 5.02 Å². The van der Waals surface area contributed by atoms with Crippen molar-refractivity contribution in [3.05, 3.63) is 89.0 Å². The quantitative estimate of drug-likeness (QED) is 0.145. The molecule has 0 saturated carbocycles. The van der Waals surface area contributed by atoms with Gasteiger partial charge in [0.15, 0.2) is 5.82 Å². The maximum absolute atomic E-state index is 14.9. The van der Waals surface area contributed by atoms with E-state index in [2.05, 4.69) is 11.6 Å². The lowest BCUT2D eigenvalue weighted by molar-refractivity contribution is -0.128. The molecule has 2 aromatic carbocycles. The van der Waals surface area contributed by atoms with Crippen molar-refractivity contribution in [3.8, 4) is 11.3 Å². The molecule has 7 nitrogen and oxygen atoms in total. The first-order valence-electron chi connectivity index (χ1n) is 13.3. The third kappa shape index (κ3) is 6.00. The van der Waals surface area contributed by atoms with Crippen LogP contribution >= 0.6 is 11.6 Å². The summed E-state index contributed by atoms with van der Waals surface area (Å²) in [5.74, 6) is -0.947. The Labute approximate surface area is 243 Å². The van der Waals surface area contributed by atoms with Gasteiger partial charge >= 0.3 is 0 Å². The number of carbonyl (C=O) groups excluding carboxylic acids is 2. The Balaban J connectivity index is 1.93. The topological polar surface area (TPSA) is 69.1 Å². The van der Waals surface area contributed by atoms with Crippen LogP contribution in [0.15, 0.2) is 66.2 Å². The lowest BCUT2D eigenvalue weighted by Gasteiger charge is -2.41. The van der Waals surface area contributed by atoms with E-state index >= 15 is 0 Å². The van der Waals surface area contributed by atoms with Crippen molar-refractivity contribution in [3.63, 3.8) is 0 Å². The van der Waals surface area contributed by atoms with Gasteiger partial charge < -0.3 is 9.80 Å². The van der Waals surface area contributed by atoms with Crippen molar-refractivity contribution in [2.75, 3.05) is 31.6 Å². The van der Waals surface area contributed by atoms with E-state index in [-0.39, 0.29) is 40.0 Å². The van der Waals surface area contributed by atoms with Gasteiger partial charge in [-0.25, -0.2) is 13.8 Å². The van der Waals surface area contributed by atoms with Crippen LogP contribution < -0.4 is 4.90 Å². The number of anilines is 2. The fourth-order valence-electron chi connectivity index (χ4n) is 5.12. The van der Waals surface area contributed by atoms with Crippen LogP contribution in [-0.2, 0) is 9.59 Å². The van der Waals surface area contributed by atoms with Gasteiger partial charge in [-0.2, -0.15) is 0 Å². The van der Waals surface area contributed by atoms with E-state index in [0.717, 1.165) is 17.7 Å². The minimum absolute atomic E-state index is 0.00731. The highest BCUT2D eigenvalue weighted by Crippen LogP contribution is 2.38. The summed E-state index contributed by atoms with van der Waals surface area (Å²) in [6.07, 6.45) is 1.95. The number of hydrogen-bond donors (Lipinski definition) is 0. The molecule has 1 aromatic heterocycles. The number of rotatable bonds is 7. The summed E-state index contributed by atoms with van der Waals surface area (Å²) in [7, 11) is 1.63. The molecule has 0 N–H and O–H groups in total. The number of piperazine rings is 1. The number of carbonyl (C=O) groups is 2. The first-order valence-corrected chi connectivity index (χ1v) is 13.6. The molecule has 1 saturated heterocycles. The number of halogens is 3. The second-order valence-corrected chi connectivity index (χ2v) is 10.5. The second-order valence-electron chi connectivity index (χ2n) is 10.1. The van der Waals surface area contributed by atoms with Crippen molar-refractivity contribution >= 4 is 41.3 Å². The van der Waals surface area contributed by atoms with Gasteiger partial charge in [-0.05, 0) is 48.7 Å². The first-order chi connectivity index (χ1) is 19.6. The van der Waals surface area contributed by atoms with Crippen LogP contribution in [0.4, 0.5) is 20.3 Å².